The highest BCUT2D eigenvalue weighted by molar-refractivity contribution is 6.07. The number of esters is 1. The van der Waals surface area contributed by atoms with Gasteiger partial charge in [-0.3, -0.25) is 14.4 Å². The van der Waals surface area contributed by atoms with Crippen LogP contribution < -0.4 is 0 Å². The Morgan fingerprint density at radius 2 is 1.80 bits per heavy atom. The van der Waals surface area contributed by atoms with Crippen molar-refractivity contribution in [1.82, 2.24) is 9.58 Å². The number of rotatable bonds is 5. The van der Waals surface area contributed by atoms with E-state index < -0.39 is 0 Å². The number of allylic oxidation sites excluding steroid dienone is 2. The number of imide groups is 1. The van der Waals surface area contributed by atoms with E-state index in [4.69, 9.17) is 4.74 Å². The van der Waals surface area contributed by atoms with Crippen molar-refractivity contribution in [3.63, 3.8) is 0 Å². The first-order valence-electron chi connectivity index (χ1n) is 10.4. The molecular weight excluding hydrogens is 382 g/mol. The van der Waals surface area contributed by atoms with Gasteiger partial charge in [-0.25, -0.2) is 0 Å². The van der Waals surface area contributed by atoms with Crippen molar-refractivity contribution in [1.29, 1.82) is 0 Å². The number of aromatic nitrogens is 1. The summed E-state index contributed by atoms with van der Waals surface area (Å²) in [5.41, 5.74) is 1.61. The van der Waals surface area contributed by atoms with Gasteiger partial charge in [0, 0.05) is 22.7 Å². The fourth-order valence-corrected chi connectivity index (χ4v) is 5.15. The average Bonchev–Trinajstić information content (AvgIpc) is 3.24. The molecule has 4 unspecified atom stereocenters. The zero-order valence-electron chi connectivity index (χ0n) is 16.7. The van der Waals surface area contributed by atoms with Crippen molar-refractivity contribution < 1.29 is 19.1 Å². The Morgan fingerprint density at radius 3 is 2.43 bits per heavy atom. The number of hydrogen-bond donors (Lipinski definition) is 0. The molecule has 0 radical (unpaired) electrons. The number of hydrazone groups is 1. The van der Waals surface area contributed by atoms with E-state index in [0.717, 1.165) is 34.3 Å². The molecule has 7 heteroatoms. The van der Waals surface area contributed by atoms with Crippen LogP contribution in [0.1, 0.15) is 25.3 Å². The van der Waals surface area contributed by atoms with E-state index in [-0.39, 0.29) is 48.0 Å². The van der Waals surface area contributed by atoms with E-state index in [9.17, 15) is 14.4 Å². The van der Waals surface area contributed by atoms with Crippen molar-refractivity contribution in [2.75, 3.05) is 6.61 Å². The van der Waals surface area contributed by atoms with E-state index in [1.165, 1.54) is 0 Å². The lowest BCUT2D eigenvalue weighted by Gasteiger charge is -2.37. The van der Waals surface area contributed by atoms with Crippen molar-refractivity contribution in [3.05, 3.63) is 48.2 Å². The summed E-state index contributed by atoms with van der Waals surface area (Å²) in [5, 5.41) is 6.26. The molecule has 30 heavy (non-hydrogen) atoms. The normalized spacial score (nSPS) is 27.4. The number of hydrogen-bond acceptors (Lipinski definition) is 5. The first-order chi connectivity index (χ1) is 14.6. The Labute approximate surface area is 174 Å². The van der Waals surface area contributed by atoms with Gasteiger partial charge in [0.05, 0.1) is 24.7 Å². The summed E-state index contributed by atoms with van der Waals surface area (Å²) in [6.07, 6.45) is 9.45. The van der Waals surface area contributed by atoms with Gasteiger partial charge in [-0.15, -0.1) is 0 Å². The summed E-state index contributed by atoms with van der Waals surface area (Å²) in [4.78, 5) is 37.8. The fourth-order valence-electron chi connectivity index (χ4n) is 5.15. The topological polar surface area (TPSA) is 81.0 Å². The smallest absolute Gasteiger partial charge is 0.325 e. The second-order valence-corrected chi connectivity index (χ2v) is 8.11. The van der Waals surface area contributed by atoms with E-state index in [2.05, 4.69) is 17.3 Å². The molecule has 7 nitrogen and oxygen atoms in total. The molecule has 1 aromatic carbocycles. The van der Waals surface area contributed by atoms with Gasteiger partial charge in [0.15, 0.2) is 0 Å². The quantitative estimate of drug-likeness (QED) is 0.332. The molecule has 1 saturated carbocycles. The highest BCUT2D eigenvalue weighted by Crippen LogP contribution is 2.49. The van der Waals surface area contributed by atoms with Gasteiger partial charge in [0.2, 0.25) is 0 Å². The zero-order chi connectivity index (χ0) is 20.8. The molecule has 0 spiro atoms. The summed E-state index contributed by atoms with van der Waals surface area (Å²) >= 11 is 0. The number of carbonyl (C=O) groups excluding carboxylic acids is 3. The van der Waals surface area contributed by atoms with Crippen molar-refractivity contribution in [3.8, 4) is 0 Å². The lowest BCUT2D eigenvalue weighted by Crippen LogP contribution is -2.38. The van der Waals surface area contributed by atoms with Crippen LogP contribution in [0.5, 0.6) is 0 Å². The number of para-hydroxylation sites is 1. The highest BCUT2D eigenvalue weighted by atomic mass is 16.5. The third-order valence-corrected chi connectivity index (χ3v) is 6.47. The lowest BCUT2D eigenvalue weighted by molar-refractivity contribution is -0.144. The van der Waals surface area contributed by atoms with Crippen LogP contribution in [0.4, 0.5) is 0 Å². The fraction of sp³-hybridized carbons (Fsp3) is 0.391. The van der Waals surface area contributed by atoms with Crippen LogP contribution in [0.25, 0.3) is 10.9 Å². The van der Waals surface area contributed by atoms with E-state index in [1.54, 1.807) is 23.9 Å². The third-order valence-electron chi connectivity index (χ3n) is 6.47. The molecule has 154 valence electrons. The Kier molecular flexibility index (Phi) is 4.53. The second-order valence-electron chi connectivity index (χ2n) is 8.11. The molecule has 2 fully saturated rings. The number of ether oxygens (including phenoxy) is 1. The molecule has 2 heterocycles. The maximum atomic E-state index is 12.9. The largest absolute Gasteiger partial charge is 0.465 e. The van der Waals surface area contributed by atoms with Gasteiger partial charge >= 0.3 is 5.97 Å². The van der Waals surface area contributed by atoms with Gasteiger partial charge in [-0.1, -0.05) is 30.4 Å². The molecule has 1 aromatic heterocycles. The lowest BCUT2D eigenvalue weighted by atomic mass is 9.63. The zero-order valence-corrected chi connectivity index (χ0v) is 16.7. The number of nitrogens with zero attached hydrogens (tertiary/aromatic N) is 3. The first-order valence-corrected chi connectivity index (χ1v) is 10.4. The highest BCUT2D eigenvalue weighted by Gasteiger charge is 2.56. The van der Waals surface area contributed by atoms with Gasteiger partial charge in [0.25, 0.3) is 11.8 Å². The monoisotopic (exact) mass is 405 g/mol. The number of amides is 2. The van der Waals surface area contributed by atoms with Gasteiger partial charge in [0.1, 0.15) is 6.54 Å². The minimum atomic E-state index is -0.321. The number of benzene rings is 1. The molecule has 1 saturated heterocycles. The predicted molar refractivity (Wildman–Crippen MR) is 110 cm³/mol. The van der Waals surface area contributed by atoms with E-state index >= 15 is 0 Å². The van der Waals surface area contributed by atoms with Crippen LogP contribution >= 0.6 is 0 Å². The standard InChI is InChI=1S/C23H23N3O4/c1-2-30-19(27)13-25-12-16(17-5-3-4-6-18(17)25)11-24-26-22(28)20-14-7-8-15(10-9-14)21(20)23(26)29/h3-8,11-12,14-15,20-21H,2,9-10,13H2,1H3/b24-11+. The summed E-state index contributed by atoms with van der Waals surface area (Å²) in [5.74, 6) is -0.983. The minimum Gasteiger partial charge on any atom is -0.465 e. The summed E-state index contributed by atoms with van der Waals surface area (Å²) in [6, 6.07) is 7.64. The summed E-state index contributed by atoms with van der Waals surface area (Å²) in [7, 11) is 0. The van der Waals surface area contributed by atoms with Crippen LogP contribution in [-0.2, 0) is 25.7 Å². The molecule has 0 N–H and O–H groups in total. The Morgan fingerprint density at radius 1 is 1.13 bits per heavy atom. The molecule has 2 bridgehead atoms. The van der Waals surface area contributed by atoms with E-state index in [0.29, 0.717) is 6.61 Å². The van der Waals surface area contributed by atoms with Crippen LogP contribution in [0.3, 0.4) is 0 Å². The molecule has 4 atom stereocenters. The second kappa shape index (κ2) is 7.23. The van der Waals surface area contributed by atoms with E-state index in [1.807, 2.05) is 24.3 Å². The predicted octanol–water partition coefficient (Wildman–Crippen LogP) is 2.74. The van der Waals surface area contributed by atoms with Gasteiger partial charge in [-0.2, -0.15) is 10.1 Å². The number of carbonyl (C=O) groups is 3. The van der Waals surface area contributed by atoms with Crippen molar-refractivity contribution in [2.45, 2.75) is 26.3 Å². The molecule has 6 rings (SSSR count). The molecule has 2 amide bonds. The number of fused-ring (bicyclic) bond motifs is 2. The van der Waals surface area contributed by atoms with Crippen molar-refractivity contribution >= 4 is 34.9 Å². The van der Waals surface area contributed by atoms with Gasteiger partial charge in [-0.05, 0) is 37.7 Å². The Balaban J connectivity index is 1.44. The molecular formula is C23H23N3O4. The molecule has 2 aromatic rings. The molecule has 3 aliphatic carbocycles. The summed E-state index contributed by atoms with van der Waals surface area (Å²) in [6.45, 7) is 2.18. The first kappa shape index (κ1) is 18.8. The van der Waals surface area contributed by atoms with Crippen LogP contribution in [0, 0.1) is 23.7 Å². The van der Waals surface area contributed by atoms with Crippen LogP contribution in [0.2, 0.25) is 0 Å². The maximum Gasteiger partial charge on any atom is 0.325 e. The molecule has 1 aliphatic heterocycles. The van der Waals surface area contributed by atoms with Crippen LogP contribution in [-0.4, -0.2) is 40.2 Å². The van der Waals surface area contributed by atoms with Crippen LogP contribution in [0.15, 0.2) is 47.7 Å². The average molecular weight is 405 g/mol. The Hall–Kier alpha value is -3.22. The van der Waals surface area contributed by atoms with Crippen molar-refractivity contribution in [2.24, 2.45) is 28.8 Å². The third kappa shape index (κ3) is 2.88. The maximum absolute atomic E-state index is 12.9. The minimum absolute atomic E-state index is 0.0863. The molecule has 4 aliphatic rings. The Bertz CT molecular complexity index is 1070. The SMILES string of the molecule is CCOC(=O)Cn1cc(/C=N/N2C(=O)C3C4C=CC(CC4)C3C2=O)c2ccccc21. The van der Waals surface area contributed by atoms with Gasteiger partial charge < -0.3 is 9.30 Å². The summed E-state index contributed by atoms with van der Waals surface area (Å²) < 4.78 is 6.85.